The summed E-state index contributed by atoms with van der Waals surface area (Å²) in [5.41, 5.74) is 2.33. The van der Waals surface area contributed by atoms with Crippen LogP contribution in [0.25, 0.3) is 0 Å². The Morgan fingerprint density at radius 2 is 1.71 bits per heavy atom. The summed E-state index contributed by atoms with van der Waals surface area (Å²) in [6, 6.07) is 17.3. The first-order chi connectivity index (χ1) is 13.6. The zero-order valence-electron chi connectivity index (χ0n) is 15.2. The van der Waals surface area contributed by atoms with Crippen LogP contribution in [-0.4, -0.2) is 29.2 Å². The molecule has 2 N–H and O–H groups in total. The summed E-state index contributed by atoms with van der Waals surface area (Å²) in [5.74, 6) is 0.0364. The Kier molecular flexibility index (Phi) is 6.92. The second-order valence-electron chi connectivity index (χ2n) is 6.24. The minimum atomic E-state index is -0.292. The number of aromatic nitrogens is 2. The van der Waals surface area contributed by atoms with Crippen molar-refractivity contribution in [3.8, 4) is 0 Å². The Morgan fingerprint density at radius 3 is 2.43 bits per heavy atom. The predicted octanol–water partition coefficient (Wildman–Crippen LogP) is 3.90. The van der Waals surface area contributed by atoms with Gasteiger partial charge in [0.25, 0.3) is 5.91 Å². The highest BCUT2D eigenvalue weighted by molar-refractivity contribution is 6.30. The lowest BCUT2D eigenvalue weighted by Gasteiger charge is -2.07. The van der Waals surface area contributed by atoms with Gasteiger partial charge < -0.3 is 10.6 Å². The van der Waals surface area contributed by atoms with Gasteiger partial charge in [0.2, 0.25) is 0 Å². The number of hydrogen-bond donors (Lipinski definition) is 2. The van der Waals surface area contributed by atoms with Gasteiger partial charge in [-0.05, 0) is 60.4 Å². The molecule has 3 rings (SSSR count). The Labute approximate surface area is 168 Å². The van der Waals surface area contributed by atoms with Crippen LogP contribution in [0.1, 0.15) is 21.6 Å². The van der Waals surface area contributed by atoms with Crippen molar-refractivity contribution in [1.29, 1.82) is 0 Å². The average Bonchev–Trinajstić information content (AvgIpc) is 2.70. The highest BCUT2D eigenvalue weighted by atomic mass is 35.5. The van der Waals surface area contributed by atoms with Crippen molar-refractivity contribution in [2.45, 2.75) is 12.8 Å². The summed E-state index contributed by atoms with van der Waals surface area (Å²) >= 11 is 5.97. The van der Waals surface area contributed by atoms with E-state index in [2.05, 4.69) is 20.8 Å². The Morgan fingerprint density at radius 1 is 0.929 bits per heavy atom. The first-order valence-corrected chi connectivity index (χ1v) is 9.32. The molecule has 1 amide bonds. The molecule has 0 fully saturated rings. The molecule has 5 nitrogen and oxygen atoms in total. The lowest BCUT2D eigenvalue weighted by molar-refractivity contribution is 0.0948. The molecule has 0 aliphatic carbocycles. The summed E-state index contributed by atoms with van der Waals surface area (Å²) in [7, 11) is 0. The number of carbonyl (C=O) groups excluding carboxylic acids is 1. The highest BCUT2D eigenvalue weighted by Crippen LogP contribution is 2.11. The maximum absolute atomic E-state index is 12.9. The van der Waals surface area contributed by atoms with Gasteiger partial charge >= 0.3 is 0 Å². The molecule has 2 aromatic carbocycles. The van der Waals surface area contributed by atoms with Crippen molar-refractivity contribution in [3.63, 3.8) is 0 Å². The summed E-state index contributed by atoms with van der Waals surface area (Å²) in [4.78, 5) is 12.1. The van der Waals surface area contributed by atoms with Crippen LogP contribution in [-0.2, 0) is 12.8 Å². The molecule has 0 aliphatic heterocycles. The van der Waals surface area contributed by atoms with Gasteiger partial charge in [-0.3, -0.25) is 4.79 Å². The van der Waals surface area contributed by atoms with Crippen LogP contribution >= 0.6 is 11.6 Å². The maximum atomic E-state index is 12.9. The van der Waals surface area contributed by atoms with Crippen molar-refractivity contribution in [2.75, 3.05) is 18.4 Å². The van der Waals surface area contributed by atoms with Crippen molar-refractivity contribution < 1.29 is 9.18 Å². The smallest absolute Gasteiger partial charge is 0.271 e. The van der Waals surface area contributed by atoms with E-state index in [-0.39, 0.29) is 17.4 Å². The van der Waals surface area contributed by atoms with Crippen molar-refractivity contribution in [1.82, 2.24) is 15.5 Å². The van der Waals surface area contributed by atoms with Crippen LogP contribution in [0.15, 0.2) is 60.7 Å². The SMILES string of the molecule is O=C(NCCc1ccc(F)cc1)c1ccc(NCCc2cccc(Cl)c2)nn1. The number of anilines is 1. The summed E-state index contributed by atoms with van der Waals surface area (Å²) < 4.78 is 12.9. The lowest BCUT2D eigenvalue weighted by atomic mass is 10.1. The Balaban J connectivity index is 1.42. The molecule has 1 heterocycles. The van der Waals surface area contributed by atoms with Crippen molar-refractivity contribution in [3.05, 3.63) is 88.3 Å². The molecule has 0 radical (unpaired) electrons. The van der Waals surface area contributed by atoms with E-state index in [9.17, 15) is 9.18 Å². The third-order valence-electron chi connectivity index (χ3n) is 4.12. The number of nitrogens with one attached hydrogen (secondary N) is 2. The third-order valence-corrected chi connectivity index (χ3v) is 4.35. The van der Waals surface area contributed by atoms with Crippen LogP contribution < -0.4 is 10.6 Å². The molecule has 0 unspecified atom stereocenters. The van der Waals surface area contributed by atoms with Gasteiger partial charge in [-0.1, -0.05) is 35.9 Å². The number of hydrogen-bond acceptors (Lipinski definition) is 4. The van der Waals surface area contributed by atoms with E-state index in [0.717, 1.165) is 17.5 Å². The molecule has 28 heavy (non-hydrogen) atoms. The largest absolute Gasteiger partial charge is 0.368 e. The molecule has 0 saturated carbocycles. The molecule has 0 aliphatic rings. The van der Waals surface area contributed by atoms with E-state index in [1.54, 1.807) is 24.3 Å². The molecule has 0 atom stereocenters. The lowest BCUT2D eigenvalue weighted by Crippen LogP contribution is -2.26. The molecule has 144 valence electrons. The van der Waals surface area contributed by atoms with E-state index in [1.165, 1.54) is 12.1 Å². The van der Waals surface area contributed by atoms with Gasteiger partial charge in [0.15, 0.2) is 5.69 Å². The number of rotatable bonds is 8. The minimum absolute atomic E-state index is 0.250. The zero-order valence-corrected chi connectivity index (χ0v) is 15.9. The second-order valence-corrected chi connectivity index (χ2v) is 6.68. The van der Waals surface area contributed by atoms with Gasteiger partial charge in [-0.15, -0.1) is 10.2 Å². The summed E-state index contributed by atoms with van der Waals surface area (Å²) in [5, 5.41) is 14.7. The van der Waals surface area contributed by atoms with E-state index < -0.39 is 0 Å². The van der Waals surface area contributed by atoms with E-state index in [1.807, 2.05) is 24.3 Å². The quantitative estimate of drug-likeness (QED) is 0.604. The Bertz CT molecular complexity index is 916. The topological polar surface area (TPSA) is 66.9 Å². The van der Waals surface area contributed by atoms with E-state index in [0.29, 0.717) is 30.4 Å². The molecular weight excluding hydrogens is 379 g/mol. The molecule has 0 saturated heterocycles. The molecule has 3 aromatic rings. The fraction of sp³-hybridized carbons (Fsp3) is 0.190. The fourth-order valence-electron chi connectivity index (χ4n) is 2.64. The first kappa shape index (κ1) is 19.8. The van der Waals surface area contributed by atoms with Crippen LogP contribution in [0.3, 0.4) is 0 Å². The number of amides is 1. The normalized spacial score (nSPS) is 10.5. The highest BCUT2D eigenvalue weighted by Gasteiger charge is 2.08. The van der Waals surface area contributed by atoms with Crippen LogP contribution in [0.5, 0.6) is 0 Å². The minimum Gasteiger partial charge on any atom is -0.368 e. The van der Waals surface area contributed by atoms with Gasteiger partial charge in [0.05, 0.1) is 0 Å². The molecule has 1 aromatic heterocycles. The van der Waals surface area contributed by atoms with Crippen molar-refractivity contribution >= 4 is 23.3 Å². The molecular formula is C21H20ClFN4O. The van der Waals surface area contributed by atoms with Crippen molar-refractivity contribution in [2.24, 2.45) is 0 Å². The van der Waals surface area contributed by atoms with Gasteiger partial charge in [-0.25, -0.2) is 4.39 Å². The number of halogens is 2. The van der Waals surface area contributed by atoms with Gasteiger partial charge in [0.1, 0.15) is 11.6 Å². The second kappa shape index (κ2) is 9.80. The van der Waals surface area contributed by atoms with Gasteiger partial charge in [-0.2, -0.15) is 0 Å². The van der Waals surface area contributed by atoms with E-state index in [4.69, 9.17) is 11.6 Å². The monoisotopic (exact) mass is 398 g/mol. The maximum Gasteiger partial charge on any atom is 0.271 e. The third kappa shape index (κ3) is 6.03. The van der Waals surface area contributed by atoms with E-state index >= 15 is 0 Å². The predicted molar refractivity (Wildman–Crippen MR) is 108 cm³/mol. The van der Waals surface area contributed by atoms with Crippen LogP contribution in [0, 0.1) is 5.82 Å². The van der Waals surface area contributed by atoms with Crippen LogP contribution in [0.2, 0.25) is 5.02 Å². The zero-order chi connectivity index (χ0) is 19.8. The number of nitrogens with zero attached hydrogens (tertiary/aromatic N) is 2. The summed E-state index contributed by atoms with van der Waals surface area (Å²) in [6.45, 7) is 1.12. The fourth-order valence-corrected chi connectivity index (χ4v) is 2.85. The Hall–Kier alpha value is -2.99. The standard InChI is InChI=1S/C21H20ClFN4O/c22-17-3-1-2-16(14-17)11-12-24-20-9-8-19(26-27-20)21(28)25-13-10-15-4-6-18(23)7-5-15/h1-9,14H,10-13H2,(H,24,27)(H,25,28). The van der Waals surface area contributed by atoms with Crippen LogP contribution in [0.4, 0.5) is 10.2 Å². The molecule has 0 bridgehead atoms. The number of benzene rings is 2. The number of carbonyl (C=O) groups is 1. The molecule has 0 spiro atoms. The molecule has 7 heteroatoms. The summed E-state index contributed by atoms with van der Waals surface area (Å²) in [6.07, 6.45) is 1.41. The first-order valence-electron chi connectivity index (χ1n) is 8.95. The average molecular weight is 399 g/mol. The van der Waals surface area contributed by atoms with Gasteiger partial charge in [0, 0.05) is 18.1 Å².